The fraction of sp³-hybridized carbons (Fsp3) is 0.286. The molecule has 1 aliphatic carbocycles. The van der Waals surface area contributed by atoms with Crippen molar-refractivity contribution < 1.29 is 8.81 Å². The fourth-order valence-corrected chi connectivity index (χ4v) is 2.30. The Morgan fingerprint density at radius 2 is 2.17 bits per heavy atom. The van der Waals surface area contributed by atoms with Crippen LogP contribution in [0.2, 0.25) is 0 Å². The van der Waals surface area contributed by atoms with Gasteiger partial charge in [-0.2, -0.15) is 0 Å². The van der Waals surface area contributed by atoms with Gasteiger partial charge in [-0.3, -0.25) is 0 Å². The van der Waals surface area contributed by atoms with Crippen LogP contribution in [-0.2, 0) is 6.54 Å². The molecule has 1 aliphatic rings. The zero-order valence-corrected chi connectivity index (χ0v) is 11.3. The maximum absolute atomic E-state index is 13.9. The second kappa shape index (κ2) is 4.86. The lowest BCUT2D eigenvalue weighted by atomic mass is 10.1. The van der Waals surface area contributed by atoms with E-state index in [2.05, 4.69) is 21.2 Å². The van der Waals surface area contributed by atoms with Crippen molar-refractivity contribution in [1.29, 1.82) is 0 Å². The van der Waals surface area contributed by atoms with Crippen LogP contribution in [0.3, 0.4) is 0 Å². The number of halogens is 2. The first-order valence-electron chi connectivity index (χ1n) is 5.99. The van der Waals surface area contributed by atoms with Gasteiger partial charge < -0.3 is 9.73 Å². The molecule has 2 aromatic rings. The Hall–Kier alpha value is -1.13. The molecular weight excluding hydrogens is 297 g/mol. The summed E-state index contributed by atoms with van der Waals surface area (Å²) in [4.78, 5) is 0. The van der Waals surface area contributed by atoms with Gasteiger partial charge in [-0.15, -0.1) is 0 Å². The van der Waals surface area contributed by atoms with Gasteiger partial charge in [-0.05, 0) is 40.9 Å². The molecule has 18 heavy (non-hydrogen) atoms. The molecule has 1 fully saturated rings. The van der Waals surface area contributed by atoms with E-state index in [4.69, 9.17) is 4.42 Å². The zero-order valence-electron chi connectivity index (χ0n) is 9.75. The molecule has 1 heterocycles. The van der Waals surface area contributed by atoms with Crippen LogP contribution < -0.4 is 5.32 Å². The molecule has 0 saturated heterocycles. The molecule has 1 aromatic carbocycles. The van der Waals surface area contributed by atoms with Crippen molar-refractivity contribution in [2.75, 3.05) is 0 Å². The van der Waals surface area contributed by atoms with Crippen molar-refractivity contribution in [3.8, 4) is 11.3 Å². The highest BCUT2D eigenvalue weighted by atomic mass is 79.9. The number of hydrogen-bond donors (Lipinski definition) is 1. The summed E-state index contributed by atoms with van der Waals surface area (Å²) in [6.07, 6.45) is 4.00. The highest BCUT2D eigenvalue weighted by molar-refractivity contribution is 9.10. The van der Waals surface area contributed by atoms with Crippen LogP contribution in [0.1, 0.15) is 18.4 Å². The third-order valence-electron chi connectivity index (χ3n) is 3.09. The first-order valence-corrected chi connectivity index (χ1v) is 6.78. The Morgan fingerprint density at radius 3 is 2.78 bits per heavy atom. The van der Waals surface area contributed by atoms with Gasteiger partial charge in [-0.1, -0.05) is 12.1 Å². The maximum Gasteiger partial charge on any atom is 0.148 e. The van der Waals surface area contributed by atoms with Crippen molar-refractivity contribution in [2.24, 2.45) is 0 Å². The molecule has 0 spiro atoms. The van der Waals surface area contributed by atoms with Gasteiger partial charge in [0.05, 0.1) is 10.7 Å². The Kier molecular flexibility index (Phi) is 3.22. The van der Waals surface area contributed by atoms with Crippen LogP contribution in [0.5, 0.6) is 0 Å². The molecule has 0 atom stereocenters. The Morgan fingerprint density at radius 1 is 1.33 bits per heavy atom. The van der Waals surface area contributed by atoms with Gasteiger partial charge in [0.2, 0.25) is 0 Å². The van der Waals surface area contributed by atoms with Gasteiger partial charge in [-0.25, -0.2) is 4.39 Å². The Bertz CT molecular complexity index is 563. The number of nitrogens with one attached hydrogen (secondary N) is 1. The highest BCUT2D eigenvalue weighted by Crippen LogP contribution is 2.30. The predicted molar refractivity (Wildman–Crippen MR) is 71.7 cm³/mol. The molecule has 0 radical (unpaired) electrons. The van der Waals surface area contributed by atoms with Crippen molar-refractivity contribution in [3.63, 3.8) is 0 Å². The minimum atomic E-state index is -0.191. The summed E-state index contributed by atoms with van der Waals surface area (Å²) in [5.41, 5.74) is 1.45. The zero-order chi connectivity index (χ0) is 12.5. The number of benzene rings is 1. The summed E-state index contributed by atoms with van der Waals surface area (Å²) >= 11 is 3.38. The normalized spacial score (nSPS) is 15.0. The summed E-state index contributed by atoms with van der Waals surface area (Å²) in [6.45, 7) is 0.593. The average Bonchev–Trinajstić information content (AvgIpc) is 3.09. The minimum absolute atomic E-state index is 0.191. The largest absolute Gasteiger partial charge is 0.463 e. The lowest BCUT2D eigenvalue weighted by molar-refractivity contribution is 0.573. The molecule has 0 amide bonds. The molecule has 1 N–H and O–H groups in total. The monoisotopic (exact) mass is 309 g/mol. The second-order valence-electron chi connectivity index (χ2n) is 4.56. The molecular formula is C14H13BrFNO. The lowest BCUT2D eigenvalue weighted by Crippen LogP contribution is -2.16. The molecule has 0 unspecified atom stereocenters. The number of hydrogen-bond acceptors (Lipinski definition) is 2. The standard InChI is InChI=1S/C14H13BrFNO/c15-12-5-6-18-14(12)9-1-2-10(13(16)7-9)8-17-11-3-4-11/h1-2,5-7,11,17H,3-4,8H2. The van der Waals surface area contributed by atoms with E-state index in [1.807, 2.05) is 12.1 Å². The van der Waals surface area contributed by atoms with Gasteiger partial charge >= 0.3 is 0 Å². The molecule has 94 valence electrons. The van der Waals surface area contributed by atoms with Crippen LogP contribution in [0, 0.1) is 5.82 Å². The van der Waals surface area contributed by atoms with Crippen LogP contribution in [-0.4, -0.2) is 6.04 Å². The van der Waals surface area contributed by atoms with Crippen molar-refractivity contribution in [1.82, 2.24) is 5.32 Å². The van der Waals surface area contributed by atoms with E-state index in [0.29, 0.717) is 23.9 Å². The quantitative estimate of drug-likeness (QED) is 0.920. The second-order valence-corrected chi connectivity index (χ2v) is 5.41. The summed E-state index contributed by atoms with van der Waals surface area (Å²) in [6, 6.07) is 7.61. The van der Waals surface area contributed by atoms with Gasteiger partial charge in [0, 0.05) is 23.7 Å². The van der Waals surface area contributed by atoms with Gasteiger partial charge in [0.15, 0.2) is 0 Å². The third-order valence-corrected chi connectivity index (χ3v) is 3.72. The van der Waals surface area contributed by atoms with Crippen LogP contribution in [0.25, 0.3) is 11.3 Å². The lowest BCUT2D eigenvalue weighted by Gasteiger charge is -2.06. The average molecular weight is 310 g/mol. The van der Waals surface area contributed by atoms with Crippen LogP contribution >= 0.6 is 15.9 Å². The topological polar surface area (TPSA) is 25.2 Å². The van der Waals surface area contributed by atoms with E-state index in [-0.39, 0.29) is 5.82 Å². The smallest absolute Gasteiger partial charge is 0.148 e. The van der Waals surface area contributed by atoms with Crippen molar-refractivity contribution >= 4 is 15.9 Å². The first kappa shape index (κ1) is 11.9. The number of rotatable bonds is 4. The van der Waals surface area contributed by atoms with Crippen LogP contribution in [0.4, 0.5) is 4.39 Å². The van der Waals surface area contributed by atoms with E-state index in [1.54, 1.807) is 12.3 Å². The van der Waals surface area contributed by atoms with Crippen molar-refractivity contribution in [2.45, 2.75) is 25.4 Å². The SMILES string of the molecule is Fc1cc(-c2occc2Br)ccc1CNC1CC1. The molecule has 4 heteroatoms. The molecule has 1 saturated carbocycles. The maximum atomic E-state index is 13.9. The van der Waals surface area contributed by atoms with Gasteiger partial charge in [0.1, 0.15) is 11.6 Å². The third kappa shape index (κ3) is 2.49. The summed E-state index contributed by atoms with van der Waals surface area (Å²) in [7, 11) is 0. The van der Waals surface area contributed by atoms with E-state index in [0.717, 1.165) is 10.0 Å². The van der Waals surface area contributed by atoms with E-state index in [9.17, 15) is 4.39 Å². The molecule has 0 aliphatic heterocycles. The Balaban J connectivity index is 1.81. The van der Waals surface area contributed by atoms with E-state index in [1.165, 1.54) is 18.9 Å². The molecule has 2 nitrogen and oxygen atoms in total. The van der Waals surface area contributed by atoms with E-state index < -0.39 is 0 Å². The first-order chi connectivity index (χ1) is 8.74. The minimum Gasteiger partial charge on any atom is -0.463 e. The Labute approximate surface area is 113 Å². The van der Waals surface area contributed by atoms with Gasteiger partial charge in [0.25, 0.3) is 0 Å². The molecule has 0 bridgehead atoms. The summed E-state index contributed by atoms with van der Waals surface area (Å²) in [5.74, 6) is 0.472. The fourth-order valence-electron chi connectivity index (χ4n) is 1.87. The van der Waals surface area contributed by atoms with Crippen LogP contribution in [0.15, 0.2) is 39.4 Å². The highest BCUT2D eigenvalue weighted by Gasteiger charge is 2.20. The summed E-state index contributed by atoms with van der Waals surface area (Å²) < 4.78 is 20.1. The number of furan rings is 1. The summed E-state index contributed by atoms with van der Waals surface area (Å²) in [5, 5.41) is 3.31. The molecule has 3 rings (SSSR count). The molecule has 1 aromatic heterocycles. The predicted octanol–water partition coefficient (Wildman–Crippen LogP) is 4.10. The van der Waals surface area contributed by atoms with E-state index >= 15 is 0 Å². The van der Waals surface area contributed by atoms with Crippen molar-refractivity contribution in [3.05, 3.63) is 46.4 Å².